The SMILES string of the molecule is CC(C)OCCC(C)C(C)C(=O)O. The zero-order valence-electron chi connectivity index (χ0n) is 8.91. The zero-order valence-corrected chi connectivity index (χ0v) is 8.91. The standard InChI is InChI=1S/C10H20O3/c1-7(2)13-6-5-8(3)9(4)10(11)12/h7-9H,5-6H2,1-4H3,(H,11,12). The van der Waals surface area contributed by atoms with Crippen molar-refractivity contribution in [1.29, 1.82) is 0 Å². The largest absolute Gasteiger partial charge is 0.481 e. The van der Waals surface area contributed by atoms with Crippen molar-refractivity contribution in [2.75, 3.05) is 6.61 Å². The van der Waals surface area contributed by atoms with Gasteiger partial charge in [0.25, 0.3) is 0 Å². The van der Waals surface area contributed by atoms with E-state index in [2.05, 4.69) is 0 Å². The predicted octanol–water partition coefficient (Wildman–Crippen LogP) is 2.16. The minimum Gasteiger partial charge on any atom is -0.481 e. The van der Waals surface area contributed by atoms with E-state index in [1.165, 1.54) is 0 Å². The molecular weight excluding hydrogens is 168 g/mol. The molecule has 3 nitrogen and oxygen atoms in total. The summed E-state index contributed by atoms with van der Waals surface area (Å²) in [6.45, 7) is 8.29. The summed E-state index contributed by atoms with van der Waals surface area (Å²) in [6.07, 6.45) is 1.04. The van der Waals surface area contributed by atoms with E-state index in [1.807, 2.05) is 20.8 Å². The molecule has 2 atom stereocenters. The fourth-order valence-electron chi connectivity index (χ4n) is 0.983. The Morgan fingerprint density at radius 2 is 1.85 bits per heavy atom. The highest BCUT2D eigenvalue weighted by atomic mass is 16.5. The van der Waals surface area contributed by atoms with Crippen molar-refractivity contribution in [2.45, 2.75) is 40.2 Å². The molecule has 0 saturated carbocycles. The second-order valence-corrected chi connectivity index (χ2v) is 3.81. The predicted molar refractivity (Wildman–Crippen MR) is 51.7 cm³/mol. The molecule has 2 unspecified atom stereocenters. The molecule has 0 amide bonds. The van der Waals surface area contributed by atoms with Gasteiger partial charge in [0.2, 0.25) is 0 Å². The van der Waals surface area contributed by atoms with Crippen LogP contribution < -0.4 is 0 Å². The molecule has 0 aromatic heterocycles. The fourth-order valence-corrected chi connectivity index (χ4v) is 0.983. The van der Waals surface area contributed by atoms with E-state index in [0.717, 1.165) is 6.42 Å². The molecule has 0 fully saturated rings. The number of hydrogen-bond donors (Lipinski definition) is 1. The Kier molecular flexibility index (Phi) is 5.71. The quantitative estimate of drug-likeness (QED) is 0.694. The molecule has 78 valence electrons. The van der Waals surface area contributed by atoms with Crippen LogP contribution in [-0.2, 0) is 9.53 Å². The monoisotopic (exact) mass is 188 g/mol. The van der Waals surface area contributed by atoms with Crippen LogP contribution in [0.2, 0.25) is 0 Å². The van der Waals surface area contributed by atoms with Gasteiger partial charge in [-0.2, -0.15) is 0 Å². The van der Waals surface area contributed by atoms with E-state index in [0.29, 0.717) is 6.61 Å². The third-order valence-electron chi connectivity index (χ3n) is 2.27. The third kappa shape index (κ3) is 5.64. The highest BCUT2D eigenvalue weighted by Crippen LogP contribution is 2.15. The third-order valence-corrected chi connectivity index (χ3v) is 2.27. The molecule has 0 bridgehead atoms. The maximum Gasteiger partial charge on any atom is 0.306 e. The average Bonchev–Trinajstić information content (AvgIpc) is 2.02. The van der Waals surface area contributed by atoms with E-state index in [-0.39, 0.29) is 17.9 Å². The smallest absolute Gasteiger partial charge is 0.306 e. The summed E-state index contributed by atoms with van der Waals surface area (Å²) in [6, 6.07) is 0. The summed E-state index contributed by atoms with van der Waals surface area (Å²) in [4.78, 5) is 10.6. The number of ether oxygens (including phenoxy) is 1. The van der Waals surface area contributed by atoms with Crippen molar-refractivity contribution in [1.82, 2.24) is 0 Å². The van der Waals surface area contributed by atoms with Crippen molar-refractivity contribution in [3.63, 3.8) is 0 Å². The van der Waals surface area contributed by atoms with Gasteiger partial charge in [-0.05, 0) is 26.2 Å². The lowest BCUT2D eigenvalue weighted by Gasteiger charge is -2.16. The van der Waals surface area contributed by atoms with Crippen LogP contribution in [-0.4, -0.2) is 23.8 Å². The zero-order chi connectivity index (χ0) is 10.4. The van der Waals surface area contributed by atoms with Crippen LogP contribution in [0.25, 0.3) is 0 Å². The van der Waals surface area contributed by atoms with Gasteiger partial charge >= 0.3 is 5.97 Å². The molecule has 0 saturated heterocycles. The van der Waals surface area contributed by atoms with Gasteiger partial charge in [0.05, 0.1) is 12.0 Å². The first-order valence-electron chi connectivity index (χ1n) is 4.79. The van der Waals surface area contributed by atoms with E-state index in [9.17, 15) is 4.79 Å². The minimum absolute atomic E-state index is 0.177. The highest BCUT2D eigenvalue weighted by molar-refractivity contribution is 5.69. The Bertz CT molecular complexity index is 154. The van der Waals surface area contributed by atoms with Crippen LogP contribution >= 0.6 is 0 Å². The Morgan fingerprint density at radius 1 is 1.31 bits per heavy atom. The number of aliphatic carboxylic acids is 1. The van der Waals surface area contributed by atoms with E-state index >= 15 is 0 Å². The van der Waals surface area contributed by atoms with Crippen LogP contribution in [0.3, 0.4) is 0 Å². The highest BCUT2D eigenvalue weighted by Gasteiger charge is 2.18. The first-order chi connectivity index (χ1) is 5.95. The maximum atomic E-state index is 10.6. The Morgan fingerprint density at radius 3 is 2.23 bits per heavy atom. The van der Waals surface area contributed by atoms with Crippen LogP contribution in [0.1, 0.15) is 34.1 Å². The number of hydrogen-bond acceptors (Lipinski definition) is 2. The molecule has 0 aromatic carbocycles. The second-order valence-electron chi connectivity index (χ2n) is 3.81. The van der Waals surface area contributed by atoms with Gasteiger partial charge < -0.3 is 9.84 Å². The molecule has 0 spiro atoms. The van der Waals surface area contributed by atoms with Gasteiger partial charge in [0.15, 0.2) is 0 Å². The molecule has 0 radical (unpaired) electrons. The van der Waals surface area contributed by atoms with Gasteiger partial charge in [-0.15, -0.1) is 0 Å². The van der Waals surface area contributed by atoms with Crippen molar-refractivity contribution < 1.29 is 14.6 Å². The Labute approximate surface area is 80.1 Å². The average molecular weight is 188 g/mol. The summed E-state index contributed by atoms with van der Waals surface area (Å²) in [7, 11) is 0. The molecule has 0 rings (SSSR count). The van der Waals surface area contributed by atoms with Gasteiger partial charge in [0.1, 0.15) is 0 Å². The molecule has 0 heterocycles. The van der Waals surface area contributed by atoms with E-state index in [4.69, 9.17) is 9.84 Å². The summed E-state index contributed by atoms with van der Waals surface area (Å²) >= 11 is 0. The van der Waals surface area contributed by atoms with Crippen molar-refractivity contribution >= 4 is 5.97 Å². The lowest BCUT2D eigenvalue weighted by molar-refractivity contribution is -0.143. The normalized spacial score (nSPS) is 15.8. The molecule has 0 aliphatic rings. The van der Waals surface area contributed by atoms with Crippen LogP contribution in [0.5, 0.6) is 0 Å². The van der Waals surface area contributed by atoms with Crippen LogP contribution in [0, 0.1) is 11.8 Å². The van der Waals surface area contributed by atoms with Crippen LogP contribution in [0.15, 0.2) is 0 Å². The fraction of sp³-hybridized carbons (Fsp3) is 0.900. The lowest BCUT2D eigenvalue weighted by atomic mass is 9.93. The topological polar surface area (TPSA) is 46.5 Å². The number of carboxylic acids is 1. The van der Waals surface area contributed by atoms with Crippen molar-refractivity contribution in [3.05, 3.63) is 0 Å². The maximum absolute atomic E-state index is 10.6. The van der Waals surface area contributed by atoms with Gasteiger partial charge in [0, 0.05) is 6.61 Å². The van der Waals surface area contributed by atoms with Gasteiger partial charge in [-0.25, -0.2) is 0 Å². The first-order valence-corrected chi connectivity index (χ1v) is 4.79. The van der Waals surface area contributed by atoms with Crippen molar-refractivity contribution in [2.24, 2.45) is 11.8 Å². The summed E-state index contributed by atoms with van der Waals surface area (Å²) in [5.41, 5.74) is 0. The number of carbonyl (C=O) groups is 1. The van der Waals surface area contributed by atoms with Crippen molar-refractivity contribution in [3.8, 4) is 0 Å². The molecule has 0 aromatic rings. The summed E-state index contributed by atoms with van der Waals surface area (Å²) in [5, 5.41) is 8.72. The van der Waals surface area contributed by atoms with Crippen LogP contribution in [0.4, 0.5) is 0 Å². The molecule has 0 aliphatic carbocycles. The minimum atomic E-state index is -0.725. The lowest BCUT2D eigenvalue weighted by Crippen LogP contribution is -2.20. The molecule has 13 heavy (non-hydrogen) atoms. The number of rotatable bonds is 6. The molecule has 1 N–H and O–H groups in total. The second kappa shape index (κ2) is 5.97. The van der Waals surface area contributed by atoms with Gasteiger partial charge in [-0.3, -0.25) is 4.79 Å². The van der Waals surface area contributed by atoms with E-state index in [1.54, 1.807) is 6.92 Å². The van der Waals surface area contributed by atoms with Gasteiger partial charge in [-0.1, -0.05) is 13.8 Å². The van der Waals surface area contributed by atoms with E-state index < -0.39 is 5.97 Å². The Balaban J connectivity index is 3.61. The summed E-state index contributed by atoms with van der Waals surface area (Å²) < 4.78 is 5.35. The molecule has 0 aliphatic heterocycles. The molecule has 3 heteroatoms. The number of carboxylic acid groups (broad SMARTS) is 1. The first kappa shape index (κ1) is 12.4. The Hall–Kier alpha value is -0.570. The summed E-state index contributed by atoms with van der Waals surface area (Å²) in [5.74, 6) is -0.830. The molecular formula is C10H20O3.